The fourth-order valence-corrected chi connectivity index (χ4v) is 3.11. The van der Waals surface area contributed by atoms with Crippen molar-refractivity contribution in [3.8, 4) is 28.6 Å². The predicted molar refractivity (Wildman–Crippen MR) is 119 cm³/mol. The molecule has 0 aliphatic heterocycles. The van der Waals surface area contributed by atoms with Crippen molar-refractivity contribution in [1.82, 2.24) is 15.5 Å². The van der Waals surface area contributed by atoms with E-state index in [0.717, 1.165) is 17.5 Å². The van der Waals surface area contributed by atoms with Crippen molar-refractivity contribution in [1.29, 1.82) is 0 Å². The zero-order valence-corrected chi connectivity index (χ0v) is 17.2. The van der Waals surface area contributed by atoms with E-state index in [0.29, 0.717) is 29.6 Å². The molecule has 1 heterocycles. The quantitative estimate of drug-likeness (QED) is 0.462. The first-order valence-corrected chi connectivity index (χ1v) is 10.1. The standard InChI is InChI=1S/C25H23N3O3/c1-18-11-13-20(14-12-18)24-27-25(31-28-24)21-9-5-6-10-22(21)30-17-23(29)26-16-15-19-7-3-2-4-8-19/h2-14H,15-17H2,1H3,(H,26,29). The predicted octanol–water partition coefficient (Wildman–Crippen LogP) is 4.45. The lowest BCUT2D eigenvalue weighted by Crippen LogP contribution is -2.30. The minimum absolute atomic E-state index is 0.0925. The molecule has 1 aromatic heterocycles. The summed E-state index contributed by atoms with van der Waals surface area (Å²) in [7, 11) is 0. The molecular formula is C25H23N3O3. The highest BCUT2D eigenvalue weighted by molar-refractivity contribution is 5.78. The molecule has 0 unspecified atom stereocenters. The van der Waals surface area contributed by atoms with Gasteiger partial charge in [0.15, 0.2) is 6.61 Å². The van der Waals surface area contributed by atoms with Crippen LogP contribution in [-0.4, -0.2) is 29.2 Å². The molecular weight excluding hydrogens is 390 g/mol. The van der Waals surface area contributed by atoms with E-state index in [-0.39, 0.29) is 12.5 Å². The number of hydrogen-bond donors (Lipinski definition) is 1. The van der Waals surface area contributed by atoms with Gasteiger partial charge in [-0.3, -0.25) is 4.79 Å². The minimum Gasteiger partial charge on any atom is -0.483 e. The molecule has 156 valence electrons. The molecule has 0 atom stereocenters. The van der Waals surface area contributed by atoms with Crippen LogP contribution >= 0.6 is 0 Å². The van der Waals surface area contributed by atoms with Gasteiger partial charge in [0.05, 0.1) is 5.56 Å². The maximum absolute atomic E-state index is 12.2. The molecule has 0 saturated heterocycles. The first kappa shape index (κ1) is 20.3. The highest BCUT2D eigenvalue weighted by atomic mass is 16.5. The van der Waals surface area contributed by atoms with E-state index in [2.05, 4.69) is 15.5 Å². The van der Waals surface area contributed by atoms with Gasteiger partial charge in [-0.2, -0.15) is 4.98 Å². The van der Waals surface area contributed by atoms with Gasteiger partial charge in [0.1, 0.15) is 5.75 Å². The monoisotopic (exact) mass is 413 g/mol. The zero-order chi connectivity index (χ0) is 21.5. The van der Waals surface area contributed by atoms with Gasteiger partial charge in [-0.05, 0) is 31.0 Å². The average Bonchev–Trinajstić information content (AvgIpc) is 3.29. The number of rotatable bonds is 8. The Morgan fingerprint density at radius 2 is 1.71 bits per heavy atom. The summed E-state index contributed by atoms with van der Waals surface area (Å²) < 4.78 is 11.2. The maximum Gasteiger partial charge on any atom is 0.262 e. The smallest absolute Gasteiger partial charge is 0.262 e. The van der Waals surface area contributed by atoms with Crippen molar-refractivity contribution in [2.24, 2.45) is 0 Å². The van der Waals surface area contributed by atoms with E-state index in [1.54, 1.807) is 6.07 Å². The van der Waals surface area contributed by atoms with Crippen LogP contribution in [-0.2, 0) is 11.2 Å². The molecule has 4 rings (SSSR count). The molecule has 0 aliphatic carbocycles. The molecule has 0 saturated carbocycles. The lowest BCUT2D eigenvalue weighted by molar-refractivity contribution is -0.123. The molecule has 4 aromatic rings. The van der Waals surface area contributed by atoms with Crippen molar-refractivity contribution in [2.45, 2.75) is 13.3 Å². The van der Waals surface area contributed by atoms with Crippen molar-refractivity contribution in [2.75, 3.05) is 13.2 Å². The first-order valence-electron chi connectivity index (χ1n) is 10.1. The van der Waals surface area contributed by atoms with Gasteiger partial charge >= 0.3 is 0 Å². The normalized spacial score (nSPS) is 10.6. The molecule has 31 heavy (non-hydrogen) atoms. The Morgan fingerprint density at radius 1 is 0.968 bits per heavy atom. The number of benzene rings is 3. The third-order valence-electron chi connectivity index (χ3n) is 4.79. The van der Waals surface area contributed by atoms with Crippen LogP contribution in [0.25, 0.3) is 22.8 Å². The van der Waals surface area contributed by atoms with Crippen molar-refractivity contribution in [3.63, 3.8) is 0 Å². The second-order valence-corrected chi connectivity index (χ2v) is 7.16. The van der Waals surface area contributed by atoms with Gasteiger partial charge in [0, 0.05) is 12.1 Å². The van der Waals surface area contributed by atoms with Crippen molar-refractivity contribution in [3.05, 3.63) is 90.0 Å². The van der Waals surface area contributed by atoms with Crippen LogP contribution in [0.2, 0.25) is 0 Å². The summed E-state index contributed by atoms with van der Waals surface area (Å²) in [6.45, 7) is 2.49. The third-order valence-corrected chi connectivity index (χ3v) is 4.79. The van der Waals surface area contributed by atoms with Crippen LogP contribution < -0.4 is 10.1 Å². The van der Waals surface area contributed by atoms with Gasteiger partial charge in [-0.25, -0.2) is 0 Å². The van der Waals surface area contributed by atoms with Gasteiger partial charge < -0.3 is 14.6 Å². The molecule has 6 nitrogen and oxygen atoms in total. The fourth-order valence-electron chi connectivity index (χ4n) is 3.11. The Morgan fingerprint density at radius 3 is 2.52 bits per heavy atom. The molecule has 0 aliphatic rings. The van der Waals surface area contributed by atoms with E-state index < -0.39 is 0 Å². The summed E-state index contributed by atoms with van der Waals surface area (Å²) in [6.07, 6.45) is 0.771. The van der Waals surface area contributed by atoms with Gasteiger partial charge in [-0.1, -0.05) is 77.5 Å². The van der Waals surface area contributed by atoms with E-state index in [4.69, 9.17) is 9.26 Å². The Hall–Kier alpha value is -3.93. The highest BCUT2D eigenvalue weighted by Crippen LogP contribution is 2.30. The van der Waals surface area contributed by atoms with Crippen LogP contribution in [0, 0.1) is 6.92 Å². The number of aromatic nitrogens is 2. The minimum atomic E-state index is -0.184. The lowest BCUT2D eigenvalue weighted by Gasteiger charge is -2.09. The highest BCUT2D eigenvalue weighted by Gasteiger charge is 2.15. The second kappa shape index (κ2) is 9.71. The topological polar surface area (TPSA) is 77.2 Å². The number of nitrogens with one attached hydrogen (secondary N) is 1. The number of nitrogens with zero attached hydrogens (tertiary/aromatic N) is 2. The van der Waals surface area contributed by atoms with Gasteiger partial charge in [0.25, 0.3) is 11.8 Å². The Kier molecular flexibility index (Phi) is 6.38. The summed E-state index contributed by atoms with van der Waals surface area (Å²) >= 11 is 0. The van der Waals surface area contributed by atoms with E-state index >= 15 is 0 Å². The number of carbonyl (C=O) groups is 1. The third kappa shape index (κ3) is 5.36. The van der Waals surface area contributed by atoms with Crippen LogP contribution in [0.4, 0.5) is 0 Å². The molecule has 1 amide bonds. The van der Waals surface area contributed by atoms with Crippen molar-refractivity contribution >= 4 is 5.91 Å². The number of amides is 1. The summed E-state index contributed by atoms with van der Waals surface area (Å²) in [5.74, 6) is 1.18. The number of hydrogen-bond acceptors (Lipinski definition) is 5. The van der Waals surface area contributed by atoms with E-state index in [1.165, 1.54) is 5.56 Å². The molecule has 1 N–H and O–H groups in total. The number of ether oxygens (including phenoxy) is 1. The summed E-state index contributed by atoms with van der Waals surface area (Å²) in [5, 5.41) is 6.95. The molecule has 0 fully saturated rings. The zero-order valence-electron chi connectivity index (χ0n) is 17.2. The lowest BCUT2D eigenvalue weighted by atomic mass is 10.1. The molecule has 0 bridgehead atoms. The Labute approximate surface area is 180 Å². The second-order valence-electron chi connectivity index (χ2n) is 7.16. The summed E-state index contributed by atoms with van der Waals surface area (Å²) in [5.41, 5.74) is 3.85. The fraction of sp³-hybridized carbons (Fsp3) is 0.160. The van der Waals surface area contributed by atoms with Crippen LogP contribution in [0.1, 0.15) is 11.1 Å². The van der Waals surface area contributed by atoms with Gasteiger partial charge in [0.2, 0.25) is 5.82 Å². The van der Waals surface area contributed by atoms with Crippen molar-refractivity contribution < 1.29 is 14.1 Å². The largest absolute Gasteiger partial charge is 0.483 e. The molecule has 0 spiro atoms. The molecule has 6 heteroatoms. The number of carbonyl (C=O) groups excluding carboxylic acids is 1. The average molecular weight is 413 g/mol. The maximum atomic E-state index is 12.2. The Bertz CT molecular complexity index is 1140. The van der Waals surface area contributed by atoms with E-state index in [9.17, 15) is 4.79 Å². The Balaban J connectivity index is 1.37. The SMILES string of the molecule is Cc1ccc(-c2noc(-c3ccccc3OCC(=O)NCCc3ccccc3)n2)cc1. The summed E-state index contributed by atoms with van der Waals surface area (Å²) in [4.78, 5) is 16.7. The van der Waals surface area contributed by atoms with E-state index in [1.807, 2.05) is 79.7 Å². The molecule has 3 aromatic carbocycles. The summed E-state index contributed by atoms with van der Waals surface area (Å²) in [6, 6.07) is 25.2. The van der Waals surface area contributed by atoms with Gasteiger partial charge in [-0.15, -0.1) is 0 Å². The van der Waals surface area contributed by atoms with Crippen LogP contribution in [0.15, 0.2) is 83.4 Å². The first-order chi connectivity index (χ1) is 15.2. The number of aryl methyl sites for hydroxylation is 1. The van der Waals surface area contributed by atoms with Crippen LogP contribution in [0.5, 0.6) is 5.75 Å². The molecule has 0 radical (unpaired) electrons. The van der Waals surface area contributed by atoms with Crippen LogP contribution in [0.3, 0.4) is 0 Å². The number of para-hydroxylation sites is 1.